The Morgan fingerprint density at radius 1 is 1.36 bits per heavy atom. The number of hydrogen-bond acceptors (Lipinski definition) is 0. The van der Waals surface area contributed by atoms with E-state index in [9.17, 15) is 13.2 Å². The molecule has 1 saturated heterocycles. The molecule has 4 heteroatoms. The summed E-state index contributed by atoms with van der Waals surface area (Å²) in [5.41, 5.74) is -0.268. The zero-order valence-electron chi connectivity index (χ0n) is 9.28. The summed E-state index contributed by atoms with van der Waals surface area (Å²) in [7, 11) is 1.72. The van der Waals surface area contributed by atoms with Crippen molar-refractivity contribution in [3.8, 4) is 0 Å². The highest BCUT2D eigenvalue weighted by Crippen LogP contribution is 2.41. The average Bonchev–Trinajstić information content (AvgIpc) is 2.11. The number of quaternary nitrogens is 1. The molecule has 0 amide bonds. The predicted molar refractivity (Wildman–Crippen MR) is 49.8 cm³/mol. The Labute approximate surface area is 83.5 Å². The van der Waals surface area contributed by atoms with E-state index < -0.39 is 12.7 Å². The van der Waals surface area contributed by atoms with Gasteiger partial charge in [-0.2, -0.15) is 13.2 Å². The third-order valence-electron chi connectivity index (χ3n) is 4.18. The Hall–Kier alpha value is -0.250. The predicted octanol–water partition coefficient (Wildman–Crippen LogP) is 2.81. The van der Waals surface area contributed by atoms with E-state index in [1.165, 1.54) is 0 Å². The molecule has 1 heterocycles. The second kappa shape index (κ2) is 3.12. The summed E-state index contributed by atoms with van der Waals surface area (Å²) >= 11 is 0. The first-order valence-electron chi connectivity index (χ1n) is 5.00. The van der Waals surface area contributed by atoms with Crippen LogP contribution in [-0.2, 0) is 0 Å². The van der Waals surface area contributed by atoms with Crippen molar-refractivity contribution < 1.29 is 17.7 Å². The molecule has 0 aromatic carbocycles. The number of halogens is 3. The summed E-state index contributed by atoms with van der Waals surface area (Å²) in [6.07, 6.45) is -3.17. The first-order valence-corrected chi connectivity index (χ1v) is 5.00. The van der Waals surface area contributed by atoms with Crippen molar-refractivity contribution in [3.63, 3.8) is 0 Å². The van der Waals surface area contributed by atoms with Crippen molar-refractivity contribution in [2.24, 2.45) is 5.92 Å². The van der Waals surface area contributed by atoms with Crippen LogP contribution in [0.5, 0.6) is 0 Å². The molecule has 0 aromatic rings. The summed E-state index contributed by atoms with van der Waals surface area (Å²) in [5, 5.41) is 0. The normalized spacial score (nSPS) is 37.5. The molecule has 0 bridgehead atoms. The standard InChI is InChI=1S/C10H19F3N/c1-8-5-6-14(4,9(8,2)3)7-10(11,12)13/h8H,5-7H2,1-4H3/q+1. The molecule has 0 saturated carbocycles. The molecule has 0 aliphatic carbocycles. The van der Waals surface area contributed by atoms with E-state index in [2.05, 4.69) is 0 Å². The van der Waals surface area contributed by atoms with E-state index in [0.717, 1.165) is 6.42 Å². The molecule has 1 aliphatic heterocycles. The summed E-state index contributed by atoms with van der Waals surface area (Å²) < 4.78 is 37.3. The minimum atomic E-state index is -4.06. The van der Waals surface area contributed by atoms with Crippen molar-refractivity contribution >= 4 is 0 Å². The highest BCUT2D eigenvalue weighted by molar-refractivity contribution is 4.83. The van der Waals surface area contributed by atoms with Gasteiger partial charge in [0.15, 0.2) is 6.54 Å². The molecule has 2 atom stereocenters. The quantitative estimate of drug-likeness (QED) is 0.584. The Balaban J connectivity index is 2.85. The number of likely N-dealkylation sites (tertiary alicyclic amines) is 1. The van der Waals surface area contributed by atoms with E-state index >= 15 is 0 Å². The van der Waals surface area contributed by atoms with Crippen LogP contribution in [0.25, 0.3) is 0 Å². The van der Waals surface area contributed by atoms with Crippen LogP contribution >= 0.6 is 0 Å². The fourth-order valence-corrected chi connectivity index (χ4v) is 2.33. The highest BCUT2D eigenvalue weighted by Gasteiger charge is 2.54. The number of nitrogens with zero attached hydrogens (tertiary/aromatic N) is 1. The van der Waals surface area contributed by atoms with Crippen molar-refractivity contribution in [3.05, 3.63) is 0 Å². The average molecular weight is 210 g/mol. The molecule has 1 rings (SSSR count). The molecule has 0 aromatic heterocycles. The van der Waals surface area contributed by atoms with Crippen molar-refractivity contribution in [2.75, 3.05) is 20.1 Å². The number of alkyl halides is 3. The van der Waals surface area contributed by atoms with Gasteiger partial charge in [-0.25, -0.2) is 0 Å². The smallest absolute Gasteiger partial charge is 0.314 e. The van der Waals surface area contributed by atoms with Crippen molar-refractivity contribution in [1.82, 2.24) is 0 Å². The van der Waals surface area contributed by atoms with Crippen molar-refractivity contribution in [1.29, 1.82) is 0 Å². The van der Waals surface area contributed by atoms with Gasteiger partial charge in [0, 0.05) is 12.3 Å². The summed E-state index contributed by atoms with van der Waals surface area (Å²) in [4.78, 5) is 0. The lowest BCUT2D eigenvalue weighted by Crippen LogP contribution is -2.60. The topological polar surface area (TPSA) is 0 Å². The molecule has 1 nitrogen and oxygen atoms in total. The van der Waals surface area contributed by atoms with Crippen LogP contribution in [0.2, 0.25) is 0 Å². The van der Waals surface area contributed by atoms with E-state index in [4.69, 9.17) is 0 Å². The van der Waals surface area contributed by atoms with Crippen LogP contribution in [-0.4, -0.2) is 36.3 Å². The lowest BCUT2D eigenvalue weighted by Gasteiger charge is -2.44. The van der Waals surface area contributed by atoms with Crippen molar-refractivity contribution in [2.45, 2.75) is 38.9 Å². The Kier molecular flexibility index (Phi) is 2.64. The van der Waals surface area contributed by atoms with Crippen LogP contribution in [0, 0.1) is 5.92 Å². The highest BCUT2D eigenvalue weighted by atomic mass is 19.4. The Morgan fingerprint density at radius 2 is 1.86 bits per heavy atom. The summed E-state index contributed by atoms with van der Waals surface area (Å²) in [5.74, 6) is 0.356. The fourth-order valence-electron chi connectivity index (χ4n) is 2.33. The zero-order valence-corrected chi connectivity index (χ0v) is 9.28. The van der Waals surface area contributed by atoms with E-state index in [-0.39, 0.29) is 10.0 Å². The molecule has 1 aliphatic rings. The van der Waals surface area contributed by atoms with Crippen LogP contribution in [0.15, 0.2) is 0 Å². The van der Waals surface area contributed by atoms with Gasteiger partial charge in [0.25, 0.3) is 0 Å². The molecule has 1 fully saturated rings. The van der Waals surface area contributed by atoms with Gasteiger partial charge in [-0.1, -0.05) is 6.92 Å². The zero-order chi connectivity index (χ0) is 11.2. The van der Waals surface area contributed by atoms with Gasteiger partial charge in [-0.05, 0) is 13.8 Å². The lowest BCUT2D eigenvalue weighted by atomic mass is 9.89. The van der Waals surface area contributed by atoms with Gasteiger partial charge in [0.2, 0.25) is 0 Å². The van der Waals surface area contributed by atoms with Crippen LogP contribution < -0.4 is 0 Å². The first-order chi connectivity index (χ1) is 6.08. The molecular formula is C10H19F3N+. The molecule has 84 valence electrons. The molecule has 0 spiro atoms. The maximum Gasteiger partial charge on any atom is 0.438 e. The third-order valence-corrected chi connectivity index (χ3v) is 4.18. The van der Waals surface area contributed by atoms with Crippen LogP contribution in [0.1, 0.15) is 27.2 Å². The molecule has 0 radical (unpaired) electrons. The lowest BCUT2D eigenvalue weighted by molar-refractivity contribution is -0.953. The summed E-state index contributed by atoms with van der Waals surface area (Å²) in [6.45, 7) is 5.85. The molecule has 14 heavy (non-hydrogen) atoms. The first kappa shape index (κ1) is 11.8. The maximum absolute atomic E-state index is 12.4. The maximum atomic E-state index is 12.4. The van der Waals surface area contributed by atoms with Crippen LogP contribution in [0.3, 0.4) is 0 Å². The molecule has 2 unspecified atom stereocenters. The number of rotatable bonds is 1. The largest absolute Gasteiger partial charge is 0.438 e. The van der Waals surface area contributed by atoms with Gasteiger partial charge in [0.05, 0.1) is 19.1 Å². The van der Waals surface area contributed by atoms with Gasteiger partial charge in [-0.3, -0.25) is 0 Å². The van der Waals surface area contributed by atoms with Gasteiger partial charge < -0.3 is 4.48 Å². The van der Waals surface area contributed by atoms with Gasteiger partial charge in [-0.15, -0.1) is 0 Å². The number of hydrogen-bond donors (Lipinski definition) is 0. The van der Waals surface area contributed by atoms with Crippen LogP contribution in [0.4, 0.5) is 13.2 Å². The molecule has 0 N–H and O–H groups in total. The minimum Gasteiger partial charge on any atom is -0.314 e. The van der Waals surface area contributed by atoms with E-state index in [0.29, 0.717) is 12.5 Å². The van der Waals surface area contributed by atoms with E-state index in [1.807, 2.05) is 20.8 Å². The minimum absolute atomic E-state index is 0.123. The second-order valence-corrected chi connectivity index (χ2v) is 5.24. The van der Waals surface area contributed by atoms with E-state index in [1.54, 1.807) is 7.05 Å². The SMILES string of the molecule is CC1CC[N+](C)(CC(F)(F)F)C1(C)C. The third kappa shape index (κ3) is 1.90. The summed E-state index contributed by atoms with van der Waals surface area (Å²) in [6, 6.07) is 0. The van der Waals surface area contributed by atoms with Gasteiger partial charge in [0.1, 0.15) is 0 Å². The molecular weight excluding hydrogens is 191 g/mol. The monoisotopic (exact) mass is 210 g/mol. The Bertz CT molecular complexity index is 222. The van der Waals surface area contributed by atoms with Gasteiger partial charge >= 0.3 is 6.18 Å². The fraction of sp³-hybridized carbons (Fsp3) is 1.00. The second-order valence-electron chi connectivity index (χ2n) is 5.24. The Morgan fingerprint density at radius 3 is 2.14 bits per heavy atom.